The van der Waals surface area contributed by atoms with E-state index in [1.807, 2.05) is 44.7 Å². The fourth-order valence-corrected chi connectivity index (χ4v) is 11.4. The maximum atomic E-state index is 12.9. The van der Waals surface area contributed by atoms with Crippen LogP contribution in [-0.4, -0.2) is 196 Å². The van der Waals surface area contributed by atoms with E-state index in [0.29, 0.717) is 60.4 Å². The first-order valence-electron chi connectivity index (χ1n) is 29.6. The van der Waals surface area contributed by atoms with Crippen LogP contribution in [-0.2, 0) is 26.2 Å². The molecule has 0 bridgehead atoms. The molecule has 6 N–H and O–H groups in total. The van der Waals surface area contributed by atoms with E-state index in [-0.39, 0.29) is 50.5 Å². The van der Waals surface area contributed by atoms with Gasteiger partial charge in [0.25, 0.3) is 0 Å². The highest BCUT2D eigenvalue weighted by molar-refractivity contribution is 6.46. The Hall–Kier alpha value is -3.01. The van der Waals surface area contributed by atoms with Crippen molar-refractivity contribution in [2.24, 2.45) is 0 Å². The second kappa shape index (κ2) is 36.8. The summed E-state index contributed by atoms with van der Waals surface area (Å²) in [5, 5.41) is 39.2. The van der Waals surface area contributed by atoms with Crippen LogP contribution in [0.4, 0.5) is 8.78 Å². The predicted octanol–water partition coefficient (Wildman–Crippen LogP) is 8.02. The summed E-state index contributed by atoms with van der Waals surface area (Å²) in [6, 6.07) is 39.7. The van der Waals surface area contributed by atoms with Gasteiger partial charge < -0.3 is 45.5 Å². The molecule has 5 heterocycles. The molecule has 0 saturated carbocycles. The molecule has 5 saturated heterocycles. The SMILES string of the molecule is CB(O)N1C[C@H](C)N(Cc2ccc(F)cc2)C[C@H]1C.CB(O)N1C[C@H](C)N(Cc2ccccc2)C[C@H]1C.CB(O)N1C[C@H](C)NC[C@H]1C.C[C@@H]1CN(Cc2ccc(F)cc2)[C@@H](C)CN1.C[C@@H]1CN(Cc2ccccc2)[C@@H](C)CN1.Cl.Cl. The minimum atomic E-state index is -0.398. The lowest BCUT2D eigenvalue weighted by Gasteiger charge is -2.44. The van der Waals surface area contributed by atoms with Crippen molar-refractivity contribution >= 4 is 46.0 Å². The van der Waals surface area contributed by atoms with E-state index in [2.05, 4.69) is 180 Å². The molecule has 0 aliphatic carbocycles. The highest BCUT2D eigenvalue weighted by Crippen LogP contribution is 2.21. The molecule has 0 aromatic heterocycles. The monoisotopic (exact) mass is 1160 g/mol. The summed E-state index contributed by atoms with van der Waals surface area (Å²) in [6.45, 7) is 41.3. The Kier molecular flexibility index (Phi) is 32.8. The third kappa shape index (κ3) is 24.9. The molecule has 0 radical (unpaired) electrons. The molecular formula is C61H103B3Cl2F2N10O3. The molecule has 13 nitrogen and oxygen atoms in total. The van der Waals surface area contributed by atoms with Gasteiger partial charge >= 0.3 is 21.2 Å². The van der Waals surface area contributed by atoms with Crippen LogP contribution in [0.2, 0.25) is 20.5 Å². The third-order valence-electron chi connectivity index (χ3n) is 16.4. The number of benzene rings is 4. The second-order valence-electron chi connectivity index (χ2n) is 23.8. The average Bonchev–Trinajstić information content (AvgIpc) is 3.42. The van der Waals surface area contributed by atoms with Gasteiger partial charge in [-0.05, 0) is 136 Å². The van der Waals surface area contributed by atoms with Crippen LogP contribution in [0.25, 0.3) is 0 Å². The first-order chi connectivity index (χ1) is 37.6. The highest BCUT2D eigenvalue weighted by atomic mass is 35.5. The molecule has 81 heavy (non-hydrogen) atoms. The van der Waals surface area contributed by atoms with Crippen LogP contribution in [0.1, 0.15) is 91.5 Å². The van der Waals surface area contributed by atoms with Crippen molar-refractivity contribution in [3.05, 3.63) is 143 Å². The van der Waals surface area contributed by atoms with E-state index in [1.165, 1.54) is 41.0 Å². The van der Waals surface area contributed by atoms with Gasteiger partial charge in [-0.15, -0.1) is 24.8 Å². The fraction of sp³-hybridized carbons (Fsp3) is 0.607. The Labute approximate surface area is 502 Å². The van der Waals surface area contributed by atoms with Gasteiger partial charge in [0.2, 0.25) is 0 Å². The number of rotatable bonds is 11. The van der Waals surface area contributed by atoms with Gasteiger partial charge in [0, 0.05) is 152 Å². The second-order valence-corrected chi connectivity index (χ2v) is 23.8. The molecule has 0 spiro atoms. The minimum absolute atomic E-state index is 0. The predicted molar refractivity (Wildman–Crippen MR) is 342 cm³/mol. The van der Waals surface area contributed by atoms with Crippen molar-refractivity contribution in [3.63, 3.8) is 0 Å². The molecule has 10 atom stereocenters. The van der Waals surface area contributed by atoms with E-state index < -0.39 is 7.05 Å². The lowest BCUT2D eigenvalue weighted by molar-refractivity contribution is 0.0760. The van der Waals surface area contributed by atoms with Crippen molar-refractivity contribution in [2.75, 3.05) is 65.4 Å². The van der Waals surface area contributed by atoms with E-state index in [0.717, 1.165) is 97.2 Å². The average molecular weight is 1170 g/mol. The number of halogens is 4. The van der Waals surface area contributed by atoms with Gasteiger partial charge in [-0.3, -0.25) is 19.6 Å². The quantitative estimate of drug-likeness (QED) is 0.0816. The zero-order valence-corrected chi connectivity index (χ0v) is 53.0. The van der Waals surface area contributed by atoms with Crippen LogP contribution < -0.4 is 16.0 Å². The number of hydrogen-bond donors (Lipinski definition) is 6. The Morgan fingerprint density at radius 2 is 0.630 bits per heavy atom. The van der Waals surface area contributed by atoms with Crippen molar-refractivity contribution in [1.29, 1.82) is 0 Å². The molecule has 5 aliphatic heterocycles. The fourth-order valence-electron chi connectivity index (χ4n) is 11.4. The molecule has 5 aliphatic rings. The Morgan fingerprint density at radius 3 is 0.938 bits per heavy atom. The Morgan fingerprint density at radius 1 is 0.358 bits per heavy atom. The molecule has 20 heteroatoms. The highest BCUT2D eigenvalue weighted by Gasteiger charge is 2.34. The molecule has 4 aromatic rings. The molecule has 452 valence electrons. The number of nitrogens with zero attached hydrogens (tertiary/aromatic N) is 7. The maximum Gasteiger partial charge on any atom is 0.376 e. The summed E-state index contributed by atoms with van der Waals surface area (Å²) in [5.41, 5.74) is 5.09. The van der Waals surface area contributed by atoms with Crippen molar-refractivity contribution in [2.45, 2.75) is 176 Å². The molecule has 0 amide bonds. The normalized spacial score (nSPS) is 26.9. The van der Waals surface area contributed by atoms with Crippen LogP contribution in [0.3, 0.4) is 0 Å². The van der Waals surface area contributed by atoms with Crippen LogP contribution in [0.15, 0.2) is 109 Å². The number of hydrogen-bond acceptors (Lipinski definition) is 13. The molecular weight excluding hydrogens is 1060 g/mol. The van der Waals surface area contributed by atoms with Gasteiger partial charge in [0.15, 0.2) is 0 Å². The zero-order chi connectivity index (χ0) is 57.8. The van der Waals surface area contributed by atoms with E-state index in [1.54, 1.807) is 0 Å². The van der Waals surface area contributed by atoms with Gasteiger partial charge in [-0.1, -0.05) is 84.9 Å². The van der Waals surface area contributed by atoms with Crippen LogP contribution in [0, 0.1) is 11.6 Å². The van der Waals surface area contributed by atoms with Gasteiger partial charge in [0.1, 0.15) is 11.6 Å². The third-order valence-corrected chi connectivity index (χ3v) is 16.4. The first-order valence-corrected chi connectivity index (χ1v) is 29.6. The van der Waals surface area contributed by atoms with E-state index >= 15 is 0 Å². The summed E-state index contributed by atoms with van der Waals surface area (Å²) in [7, 11) is -1.05. The maximum absolute atomic E-state index is 12.9. The van der Waals surface area contributed by atoms with E-state index in [9.17, 15) is 23.9 Å². The lowest BCUT2D eigenvalue weighted by Crippen LogP contribution is -2.59. The molecule has 4 aromatic carbocycles. The number of piperazine rings is 5. The summed E-state index contributed by atoms with van der Waals surface area (Å²) < 4.78 is 25.7. The molecule has 5 fully saturated rings. The number of nitrogens with one attached hydrogen (secondary N) is 3. The van der Waals surface area contributed by atoms with Crippen molar-refractivity contribution < 1.29 is 23.9 Å². The van der Waals surface area contributed by atoms with Gasteiger partial charge in [0.05, 0.1) is 0 Å². The largest absolute Gasteiger partial charge is 0.437 e. The summed E-state index contributed by atoms with van der Waals surface area (Å²) in [6.07, 6.45) is 0. The van der Waals surface area contributed by atoms with Gasteiger partial charge in [-0.2, -0.15) is 0 Å². The smallest absolute Gasteiger partial charge is 0.376 e. The summed E-state index contributed by atoms with van der Waals surface area (Å²) in [5.74, 6) is -0.352. The topological polar surface area (TPSA) is 119 Å². The first kappa shape index (κ1) is 72.3. The standard InChI is InChI=1S/C14H22BFN2O.C14H23BN2O.C13H19FN2.C13H20N2.C7H17BN2O.2ClH/c1-11-9-18(15(3)19)12(2)8-17(11)10-13-4-6-14(16)7-5-13;1-12-10-17(15(3)18)13(2)9-16(12)11-14-7-5-4-6-8-14;1-10-8-16(11(2)7-15-10)9-12-3-5-13(14)6-4-12;1-11-9-15(12(2)8-14-11)10-13-6-4-3-5-7-13;1-6-5-10(8(3)11)7(2)4-9-6;;/h4-7,11-12,19H,8-10H2,1-3H3;4-8,12-13,18H,9-11H2,1-3H3;3-6,10-11,15H,7-9H2,1-2H3;3-7,11-12,14H,8-10H2,1-2H3;6-7,9,11H,4-5H2,1-3H3;2*1H/t11-,12+;12-,13+;10-,11+;11-,12+;6-,7+;;/m00110../s1. The minimum Gasteiger partial charge on any atom is -0.437 e. The van der Waals surface area contributed by atoms with Crippen LogP contribution >= 0.6 is 24.8 Å². The zero-order valence-electron chi connectivity index (χ0n) is 51.3. The Balaban J connectivity index is 0.000000267. The van der Waals surface area contributed by atoms with E-state index in [4.69, 9.17) is 0 Å². The molecule has 9 rings (SSSR count). The van der Waals surface area contributed by atoms with Crippen molar-refractivity contribution in [3.8, 4) is 0 Å². The summed E-state index contributed by atoms with van der Waals surface area (Å²) in [4.78, 5) is 16.3. The summed E-state index contributed by atoms with van der Waals surface area (Å²) >= 11 is 0. The van der Waals surface area contributed by atoms with Crippen LogP contribution in [0.5, 0.6) is 0 Å². The molecule has 0 unspecified atom stereocenters. The Bertz CT molecular complexity index is 2280. The lowest BCUT2D eigenvalue weighted by atomic mass is 9.81. The van der Waals surface area contributed by atoms with Gasteiger partial charge in [-0.25, -0.2) is 8.78 Å². The van der Waals surface area contributed by atoms with Crippen molar-refractivity contribution in [1.82, 2.24) is 50.0 Å².